The molecule has 7 nitrogen and oxygen atoms in total. The van der Waals surface area contributed by atoms with Gasteiger partial charge in [-0.1, -0.05) is 48.5 Å². The summed E-state index contributed by atoms with van der Waals surface area (Å²) in [5.74, 6) is -0.518. The van der Waals surface area contributed by atoms with E-state index >= 15 is 0 Å². The first-order valence-electron chi connectivity index (χ1n) is 11.1. The Kier molecular flexibility index (Phi) is 7.22. The normalized spacial score (nSPS) is 10.7. The van der Waals surface area contributed by atoms with Crippen molar-refractivity contribution in [3.63, 3.8) is 0 Å². The molecule has 0 unspecified atom stereocenters. The molecule has 0 spiro atoms. The Morgan fingerprint density at radius 3 is 2.26 bits per heavy atom. The molecule has 178 valence electrons. The van der Waals surface area contributed by atoms with Crippen molar-refractivity contribution in [2.75, 3.05) is 16.4 Å². The van der Waals surface area contributed by atoms with Crippen LogP contribution in [0, 0.1) is 13.8 Å². The molecule has 0 saturated heterocycles. The third-order valence-electron chi connectivity index (χ3n) is 5.70. The second kappa shape index (κ2) is 10.5. The highest BCUT2D eigenvalue weighted by atomic mass is 32.2. The summed E-state index contributed by atoms with van der Waals surface area (Å²) in [4.78, 5) is 39.4. The summed E-state index contributed by atoms with van der Waals surface area (Å²) in [6, 6.07) is 24.0. The Hall–Kier alpha value is -4.04. The highest BCUT2D eigenvalue weighted by Gasteiger charge is 2.19. The zero-order valence-corrected chi connectivity index (χ0v) is 20.6. The van der Waals surface area contributed by atoms with Crippen LogP contribution in [-0.2, 0) is 11.8 Å². The maximum absolute atomic E-state index is 13.0. The number of aryl methyl sites for hydroxylation is 1. The van der Waals surface area contributed by atoms with Crippen LogP contribution in [-0.4, -0.2) is 26.9 Å². The number of nitrogens with one attached hydrogen (secondary N) is 2. The van der Waals surface area contributed by atoms with Crippen LogP contribution in [0.5, 0.6) is 0 Å². The summed E-state index contributed by atoms with van der Waals surface area (Å²) in [6.45, 7) is 3.72. The van der Waals surface area contributed by atoms with E-state index in [-0.39, 0.29) is 28.8 Å². The topological polar surface area (TPSA) is 85.1 Å². The van der Waals surface area contributed by atoms with E-state index in [1.807, 2.05) is 67.6 Å². The largest absolute Gasteiger partial charge is 0.322 e. The van der Waals surface area contributed by atoms with Crippen LogP contribution in [0.3, 0.4) is 0 Å². The molecule has 0 atom stereocenters. The highest BCUT2D eigenvalue weighted by Crippen LogP contribution is 2.25. The predicted molar refractivity (Wildman–Crippen MR) is 141 cm³/mol. The Labute approximate surface area is 207 Å². The number of hydrogen-bond donors (Lipinski definition) is 2. The van der Waals surface area contributed by atoms with Crippen LogP contribution in [0.25, 0.3) is 5.69 Å². The molecule has 0 radical (unpaired) electrons. The van der Waals surface area contributed by atoms with Gasteiger partial charge >= 0.3 is 0 Å². The lowest BCUT2D eigenvalue weighted by Crippen LogP contribution is -2.23. The minimum atomic E-state index is -0.324. The number of anilines is 2. The van der Waals surface area contributed by atoms with E-state index in [4.69, 9.17) is 0 Å². The van der Waals surface area contributed by atoms with E-state index in [0.717, 1.165) is 11.3 Å². The van der Waals surface area contributed by atoms with E-state index < -0.39 is 0 Å². The first kappa shape index (κ1) is 24.1. The van der Waals surface area contributed by atoms with Crippen molar-refractivity contribution in [3.05, 3.63) is 106 Å². The number of aromatic nitrogens is 2. The molecule has 8 heteroatoms. The Morgan fingerprint density at radius 2 is 1.51 bits per heavy atom. The van der Waals surface area contributed by atoms with Crippen molar-refractivity contribution in [1.29, 1.82) is 0 Å². The minimum Gasteiger partial charge on any atom is -0.322 e. The summed E-state index contributed by atoms with van der Waals surface area (Å²) in [5.41, 5.74) is 3.49. The summed E-state index contributed by atoms with van der Waals surface area (Å²) in [5, 5.41) is 5.70. The molecule has 1 aromatic heterocycles. The lowest BCUT2D eigenvalue weighted by molar-refractivity contribution is -0.113. The van der Waals surface area contributed by atoms with E-state index in [9.17, 15) is 14.4 Å². The van der Waals surface area contributed by atoms with E-state index in [1.54, 1.807) is 36.9 Å². The number of carbonyl (C=O) groups is 2. The highest BCUT2D eigenvalue weighted by molar-refractivity contribution is 8.00. The number of hydrogen-bond acceptors (Lipinski definition) is 4. The maximum atomic E-state index is 13.0. The number of para-hydroxylation sites is 2. The standard InChI is InChI=1S/C27H26N4O3S/c1-18-11-7-9-15-22(18)28-26(33)21-14-8-10-16-23(21)35-17-24(32)29-25-19(2)30(3)31(27(25)34)20-12-5-4-6-13-20/h4-16H,17H2,1-3H3,(H,28,33)(H,29,32). The van der Waals surface area contributed by atoms with Crippen molar-refractivity contribution in [3.8, 4) is 5.69 Å². The number of thioether (sulfide) groups is 1. The van der Waals surface area contributed by atoms with E-state index in [1.165, 1.54) is 16.4 Å². The average Bonchev–Trinajstić information content (AvgIpc) is 3.07. The third kappa shape index (κ3) is 5.22. The van der Waals surface area contributed by atoms with Gasteiger partial charge in [-0.3, -0.25) is 19.1 Å². The van der Waals surface area contributed by atoms with Gasteiger partial charge in [0.15, 0.2) is 0 Å². The van der Waals surface area contributed by atoms with Crippen molar-refractivity contribution in [2.45, 2.75) is 18.7 Å². The number of carbonyl (C=O) groups excluding carboxylic acids is 2. The zero-order chi connectivity index (χ0) is 24.9. The predicted octanol–water partition coefficient (Wildman–Crippen LogP) is 4.78. The fraction of sp³-hybridized carbons (Fsp3) is 0.148. The van der Waals surface area contributed by atoms with Gasteiger partial charge in [0, 0.05) is 17.6 Å². The Balaban J connectivity index is 1.47. The molecule has 3 aromatic carbocycles. The van der Waals surface area contributed by atoms with Crippen molar-refractivity contribution < 1.29 is 9.59 Å². The van der Waals surface area contributed by atoms with Gasteiger partial charge in [0.25, 0.3) is 11.5 Å². The van der Waals surface area contributed by atoms with E-state index in [0.29, 0.717) is 21.8 Å². The molecule has 4 rings (SSSR count). The second-order valence-electron chi connectivity index (χ2n) is 8.04. The van der Waals surface area contributed by atoms with Crippen LogP contribution in [0.15, 0.2) is 88.6 Å². The minimum absolute atomic E-state index is 0.0494. The molecular weight excluding hydrogens is 460 g/mol. The molecule has 2 N–H and O–H groups in total. The van der Waals surface area contributed by atoms with Gasteiger partial charge in [-0.2, -0.15) is 0 Å². The smallest absolute Gasteiger partial charge is 0.295 e. The van der Waals surface area contributed by atoms with Gasteiger partial charge in [-0.05, 0) is 49.7 Å². The van der Waals surface area contributed by atoms with Gasteiger partial charge in [0.2, 0.25) is 5.91 Å². The lowest BCUT2D eigenvalue weighted by Gasteiger charge is -2.11. The summed E-state index contributed by atoms with van der Waals surface area (Å²) in [6.07, 6.45) is 0. The Bertz CT molecular complexity index is 1440. The van der Waals surface area contributed by atoms with Crippen molar-refractivity contribution in [2.24, 2.45) is 7.05 Å². The number of nitrogens with zero attached hydrogens (tertiary/aromatic N) is 2. The monoisotopic (exact) mass is 486 g/mol. The summed E-state index contributed by atoms with van der Waals surface area (Å²) < 4.78 is 3.23. The lowest BCUT2D eigenvalue weighted by atomic mass is 10.1. The van der Waals surface area contributed by atoms with Crippen LogP contribution >= 0.6 is 11.8 Å². The van der Waals surface area contributed by atoms with Gasteiger partial charge < -0.3 is 10.6 Å². The van der Waals surface area contributed by atoms with Crippen molar-refractivity contribution >= 4 is 35.0 Å². The van der Waals surface area contributed by atoms with Gasteiger partial charge in [-0.15, -0.1) is 11.8 Å². The van der Waals surface area contributed by atoms with Gasteiger partial charge in [0.1, 0.15) is 5.69 Å². The molecule has 35 heavy (non-hydrogen) atoms. The SMILES string of the molecule is Cc1ccccc1NC(=O)c1ccccc1SCC(=O)Nc1c(C)n(C)n(-c2ccccc2)c1=O. The van der Waals surface area contributed by atoms with Crippen LogP contribution in [0.2, 0.25) is 0 Å². The zero-order valence-electron chi connectivity index (χ0n) is 19.7. The first-order valence-corrected chi connectivity index (χ1v) is 12.1. The number of benzene rings is 3. The van der Waals surface area contributed by atoms with Crippen LogP contribution in [0.4, 0.5) is 11.4 Å². The number of rotatable bonds is 7. The van der Waals surface area contributed by atoms with Crippen LogP contribution < -0.4 is 16.2 Å². The average molecular weight is 487 g/mol. The molecule has 0 aliphatic rings. The third-order valence-corrected chi connectivity index (χ3v) is 6.78. The molecule has 0 bridgehead atoms. The molecule has 0 aliphatic heterocycles. The molecule has 0 saturated carbocycles. The summed E-state index contributed by atoms with van der Waals surface area (Å²) in [7, 11) is 1.78. The second-order valence-corrected chi connectivity index (χ2v) is 9.06. The molecule has 1 heterocycles. The summed E-state index contributed by atoms with van der Waals surface area (Å²) >= 11 is 1.25. The quantitative estimate of drug-likeness (QED) is 0.368. The molecule has 2 amide bonds. The first-order chi connectivity index (χ1) is 16.9. The van der Waals surface area contributed by atoms with Crippen molar-refractivity contribution in [1.82, 2.24) is 9.36 Å². The maximum Gasteiger partial charge on any atom is 0.295 e. The fourth-order valence-corrected chi connectivity index (χ4v) is 4.56. The van der Waals surface area contributed by atoms with Crippen LogP contribution in [0.1, 0.15) is 21.6 Å². The molecule has 0 fully saturated rings. The van der Waals surface area contributed by atoms with Gasteiger partial charge in [-0.25, -0.2) is 4.68 Å². The molecule has 0 aliphatic carbocycles. The fourth-order valence-electron chi connectivity index (χ4n) is 3.71. The molecule has 4 aromatic rings. The van der Waals surface area contributed by atoms with Gasteiger partial charge in [0.05, 0.1) is 22.7 Å². The molecular formula is C27H26N4O3S. The Morgan fingerprint density at radius 1 is 0.857 bits per heavy atom. The number of amides is 2. The van der Waals surface area contributed by atoms with E-state index in [2.05, 4.69) is 10.6 Å².